The van der Waals surface area contributed by atoms with Crippen LogP contribution in [-0.2, 0) is 0 Å². The fourth-order valence-corrected chi connectivity index (χ4v) is 2.29. The first-order chi connectivity index (χ1) is 6.65. The molecule has 0 radical (unpaired) electrons. The largest absolute Gasteiger partial charge is 0.392 e. The van der Waals surface area contributed by atoms with Gasteiger partial charge < -0.3 is 5.11 Å². The van der Waals surface area contributed by atoms with Gasteiger partial charge in [0.05, 0.1) is 6.10 Å². The van der Waals surface area contributed by atoms with Crippen molar-refractivity contribution in [1.82, 2.24) is 4.90 Å². The lowest BCUT2D eigenvalue weighted by molar-refractivity contribution is 0.0302. The van der Waals surface area contributed by atoms with Crippen LogP contribution in [0.1, 0.15) is 32.6 Å². The van der Waals surface area contributed by atoms with Crippen molar-refractivity contribution >= 4 is 11.6 Å². The lowest BCUT2D eigenvalue weighted by Gasteiger charge is -2.38. The van der Waals surface area contributed by atoms with Crippen LogP contribution >= 0.6 is 11.6 Å². The second-order valence-electron chi connectivity index (χ2n) is 4.03. The van der Waals surface area contributed by atoms with E-state index in [1.165, 1.54) is 12.8 Å². The van der Waals surface area contributed by atoms with E-state index in [9.17, 15) is 5.11 Å². The fraction of sp³-hybridized carbons (Fsp3) is 0.818. The van der Waals surface area contributed by atoms with Crippen LogP contribution in [-0.4, -0.2) is 35.2 Å². The van der Waals surface area contributed by atoms with Gasteiger partial charge in [-0.2, -0.15) is 0 Å². The van der Waals surface area contributed by atoms with Gasteiger partial charge in [-0.25, -0.2) is 0 Å². The molecule has 82 valence electrons. The highest BCUT2D eigenvalue weighted by Gasteiger charge is 2.27. The van der Waals surface area contributed by atoms with Crippen LogP contribution in [0.2, 0.25) is 0 Å². The van der Waals surface area contributed by atoms with Crippen LogP contribution in [0.15, 0.2) is 11.6 Å². The Labute approximate surface area is 91.6 Å². The Morgan fingerprint density at radius 3 is 2.93 bits per heavy atom. The number of aliphatic hydroxyl groups is 1. The normalized spacial score (nSPS) is 26.1. The van der Waals surface area contributed by atoms with Gasteiger partial charge in [0.25, 0.3) is 0 Å². The Morgan fingerprint density at radius 2 is 2.36 bits per heavy atom. The van der Waals surface area contributed by atoms with Crippen LogP contribution in [0.5, 0.6) is 0 Å². The van der Waals surface area contributed by atoms with Gasteiger partial charge in [0, 0.05) is 17.6 Å². The van der Waals surface area contributed by atoms with Crippen LogP contribution < -0.4 is 0 Å². The second-order valence-corrected chi connectivity index (χ2v) is 4.56. The van der Waals surface area contributed by atoms with Crippen molar-refractivity contribution in [3.05, 3.63) is 11.6 Å². The summed E-state index contributed by atoms with van der Waals surface area (Å²) in [6, 6.07) is 0.282. The van der Waals surface area contributed by atoms with Crippen molar-refractivity contribution < 1.29 is 5.11 Å². The van der Waals surface area contributed by atoms with Crippen molar-refractivity contribution in [2.24, 2.45) is 0 Å². The van der Waals surface area contributed by atoms with Gasteiger partial charge in [-0.3, -0.25) is 4.90 Å². The number of aliphatic hydroxyl groups excluding tert-OH is 1. The van der Waals surface area contributed by atoms with Gasteiger partial charge >= 0.3 is 0 Å². The molecule has 1 rings (SSSR count). The molecule has 0 spiro atoms. The van der Waals surface area contributed by atoms with Gasteiger partial charge in [-0.15, -0.1) is 0 Å². The van der Waals surface area contributed by atoms with E-state index >= 15 is 0 Å². The van der Waals surface area contributed by atoms with Gasteiger partial charge in [-0.1, -0.05) is 31.5 Å². The third-order valence-electron chi connectivity index (χ3n) is 2.90. The maximum atomic E-state index is 9.85. The molecule has 0 aromatic carbocycles. The lowest BCUT2D eigenvalue weighted by atomic mass is 9.96. The molecule has 0 amide bonds. The number of piperidine rings is 1. The third kappa shape index (κ3) is 3.26. The molecule has 0 aromatic rings. The van der Waals surface area contributed by atoms with E-state index in [1.807, 2.05) is 6.92 Å². The zero-order valence-corrected chi connectivity index (χ0v) is 9.63. The zero-order chi connectivity index (χ0) is 10.6. The summed E-state index contributed by atoms with van der Waals surface area (Å²) < 4.78 is 0. The van der Waals surface area contributed by atoms with E-state index in [4.69, 9.17) is 11.6 Å². The summed E-state index contributed by atoms with van der Waals surface area (Å²) in [6.07, 6.45) is 4.10. The fourth-order valence-electron chi connectivity index (χ4n) is 2.14. The molecule has 0 saturated carbocycles. The molecule has 1 aliphatic rings. The predicted molar refractivity (Wildman–Crippen MR) is 60.5 cm³/mol. The zero-order valence-electron chi connectivity index (χ0n) is 8.88. The smallest absolute Gasteiger partial charge is 0.0692 e. The molecule has 0 unspecified atom stereocenters. The Balaban J connectivity index is 2.54. The van der Waals surface area contributed by atoms with Crippen molar-refractivity contribution in [2.75, 3.05) is 13.1 Å². The Bertz CT molecular complexity index is 196. The number of rotatable bonds is 4. The molecule has 0 aromatic heterocycles. The molecule has 1 N–H and O–H groups in total. The van der Waals surface area contributed by atoms with Gasteiger partial charge in [-0.05, 0) is 25.8 Å². The van der Waals surface area contributed by atoms with Crippen molar-refractivity contribution in [3.63, 3.8) is 0 Å². The molecule has 2 atom stereocenters. The van der Waals surface area contributed by atoms with Gasteiger partial charge in [0.1, 0.15) is 0 Å². The first-order valence-corrected chi connectivity index (χ1v) is 5.78. The number of hydrogen-bond acceptors (Lipinski definition) is 2. The van der Waals surface area contributed by atoms with E-state index in [1.54, 1.807) is 0 Å². The summed E-state index contributed by atoms with van der Waals surface area (Å²) in [4.78, 5) is 2.26. The molecule has 1 aliphatic heterocycles. The Morgan fingerprint density at radius 1 is 1.64 bits per heavy atom. The number of likely N-dealkylation sites (tertiary alicyclic amines) is 1. The SMILES string of the molecule is C=C(Cl)CN1CCCC[C@H]1[C@H](O)CC. The minimum absolute atomic E-state index is 0.216. The average molecular weight is 218 g/mol. The number of hydrogen-bond donors (Lipinski definition) is 1. The molecular weight excluding hydrogens is 198 g/mol. The summed E-state index contributed by atoms with van der Waals surface area (Å²) in [5, 5.41) is 10.5. The minimum Gasteiger partial charge on any atom is -0.392 e. The maximum absolute atomic E-state index is 9.85. The van der Waals surface area contributed by atoms with E-state index in [2.05, 4.69) is 11.5 Å². The molecule has 1 fully saturated rings. The molecular formula is C11H20ClNO. The summed E-state index contributed by atoms with van der Waals surface area (Å²) in [7, 11) is 0. The lowest BCUT2D eigenvalue weighted by Crippen LogP contribution is -2.46. The molecule has 3 heteroatoms. The standard InChI is InChI=1S/C11H20ClNO/c1-3-11(14)10-6-4-5-7-13(10)8-9(2)12/h10-11,14H,2-8H2,1H3/t10-,11+/m0/s1. The molecule has 0 bridgehead atoms. The van der Waals surface area contributed by atoms with E-state index in [0.717, 1.165) is 19.4 Å². The summed E-state index contributed by atoms with van der Waals surface area (Å²) in [5.74, 6) is 0. The van der Waals surface area contributed by atoms with Crippen molar-refractivity contribution in [2.45, 2.75) is 44.8 Å². The minimum atomic E-state index is -0.216. The first-order valence-electron chi connectivity index (χ1n) is 5.40. The van der Waals surface area contributed by atoms with E-state index < -0.39 is 0 Å². The molecule has 0 aliphatic carbocycles. The van der Waals surface area contributed by atoms with Gasteiger partial charge in [0.15, 0.2) is 0 Å². The quantitative estimate of drug-likeness (QED) is 0.782. The number of nitrogens with zero attached hydrogens (tertiary/aromatic N) is 1. The van der Waals surface area contributed by atoms with Crippen LogP contribution in [0, 0.1) is 0 Å². The van der Waals surface area contributed by atoms with Crippen molar-refractivity contribution in [1.29, 1.82) is 0 Å². The van der Waals surface area contributed by atoms with Crippen molar-refractivity contribution in [3.8, 4) is 0 Å². The summed E-state index contributed by atoms with van der Waals surface area (Å²) in [5.41, 5.74) is 0. The summed E-state index contributed by atoms with van der Waals surface area (Å²) in [6.45, 7) is 7.48. The highest BCUT2D eigenvalue weighted by Crippen LogP contribution is 2.22. The van der Waals surface area contributed by atoms with Gasteiger partial charge in [0.2, 0.25) is 0 Å². The number of halogens is 1. The average Bonchev–Trinajstić information content (AvgIpc) is 2.16. The maximum Gasteiger partial charge on any atom is 0.0692 e. The van der Waals surface area contributed by atoms with E-state index in [-0.39, 0.29) is 12.1 Å². The van der Waals surface area contributed by atoms with Crippen LogP contribution in [0.3, 0.4) is 0 Å². The third-order valence-corrected chi connectivity index (χ3v) is 3.02. The highest BCUT2D eigenvalue weighted by molar-refractivity contribution is 6.29. The Kier molecular flexibility index (Phi) is 4.93. The Hall–Kier alpha value is -0.0500. The van der Waals surface area contributed by atoms with Crippen LogP contribution in [0.4, 0.5) is 0 Å². The molecule has 14 heavy (non-hydrogen) atoms. The molecule has 2 nitrogen and oxygen atoms in total. The van der Waals surface area contributed by atoms with E-state index in [0.29, 0.717) is 11.6 Å². The highest BCUT2D eigenvalue weighted by atomic mass is 35.5. The molecule has 1 heterocycles. The summed E-state index contributed by atoms with van der Waals surface area (Å²) >= 11 is 5.81. The molecule has 1 saturated heterocycles. The predicted octanol–water partition coefficient (Wildman–Crippen LogP) is 2.36. The van der Waals surface area contributed by atoms with Crippen LogP contribution in [0.25, 0.3) is 0 Å². The second kappa shape index (κ2) is 5.74. The topological polar surface area (TPSA) is 23.5 Å². The first kappa shape index (κ1) is 12.0. The monoisotopic (exact) mass is 217 g/mol.